The van der Waals surface area contributed by atoms with Crippen LogP contribution in [-0.4, -0.2) is 21.7 Å². The zero-order valence-corrected chi connectivity index (χ0v) is 9.93. The number of fused-ring (bicyclic) bond motifs is 1. The molecular weight excluding hydrogens is 224 g/mol. The number of hydrogen-bond acceptors (Lipinski definition) is 2. The molecule has 0 radical (unpaired) electrons. The standard InChI is InChI=1S/C15H14N2O/c18-10-8-12-11-5-1-2-6-13(11)17-15(12)14-7-3-4-9-16-14/h1-7,9,17-18H,8,10H2. The van der Waals surface area contributed by atoms with Crippen molar-refractivity contribution in [2.24, 2.45) is 0 Å². The maximum absolute atomic E-state index is 9.23. The lowest BCUT2D eigenvalue weighted by atomic mass is 10.1. The first-order chi connectivity index (χ1) is 8.90. The molecule has 0 saturated heterocycles. The van der Waals surface area contributed by atoms with Crippen LogP contribution in [-0.2, 0) is 6.42 Å². The van der Waals surface area contributed by atoms with Crippen LogP contribution >= 0.6 is 0 Å². The third-order valence-corrected chi connectivity index (χ3v) is 3.10. The largest absolute Gasteiger partial charge is 0.396 e. The molecule has 0 aliphatic carbocycles. The van der Waals surface area contributed by atoms with Crippen molar-refractivity contribution in [2.75, 3.05) is 6.61 Å². The molecule has 3 rings (SSSR count). The van der Waals surface area contributed by atoms with Crippen molar-refractivity contribution in [1.29, 1.82) is 0 Å². The maximum atomic E-state index is 9.23. The SMILES string of the molecule is OCCc1c(-c2ccccn2)[nH]c2ccccc12. The molecule has 0 atom stereocenters. The van der Waals surface area contributed by atoms with E-state index in [9.17, 15) is 5.11 Å². The summed E-state index contributed by atoms with van der Waals surface area (Å²) in [5.41, 5.74) is 4.14. The molecule has 1 aromatic carbocycles. The summed E-state index contributed by atoms with van der Waals surface area (Å²) >= 11 is 0. The summed E-state index contributed by atoms with van der Waals surface area (Å²) in [5.74, 6) is 0. The Morgan fingerprint density at radius 3 is 2.67 bits per heavy atom. The number of aromatic nitrogens is 2. The van der Waals surface area contributed by atoms with Gasteiger partial charge in [0.1, 0.15) is 0 Å². The van der Waals surface area contributed by atoms with E-state index in [0.29, 0.717) is 6.42 Å². The fourth-order valence-electron chi connectivity index (χ4n) is 2.30. The van der Waals surface area contributed by atoms with Gasteiger partial charge in [0.05, 0.1) is 11.4 Å². The third kappa shape index (κ3) is 1.79. The predicted octanol–water partition coefficient (Wildman–Crippen LogP) is 2.76. The molecule has 3 heteroatoms. The second-order valence-electron chi connectivity index (χ2n) is 4.21. The monoisotopic (exact) mass is 238 g/mol. The first-order valence-corrected chi connectivity index (χ1v) is 6.02. The summed E-state index contributed by atoms with van der Waals surface area (Å²) in [6.45, 7) is 0.141. The van der Waals surface area contributed by atoms with E-state index in [-0.39, 0.29) is 6.61 Å². The topological polar surface area (TPSA) is 48.9 Å². The quantitative estimate of drug-likeness (QED) is 0.737. The minimum absolute atomic E-state index is 0.141. The van der Waals surface area contributed by atoms with Gasteiger partial charge in [-0.05, 0) is 30.2 Å². The Kier molecular flexibility index (Phi) is 2.82. The van der Waals surface area contributed by atoms with Crippen LogP contribution in [0.1, 0.15) is 5.56 Å². The highest BCUT2D eigenvalue weighted by atomic mass is 16.2. The second-order valence-corrected chi connectivity index (χ2v) is 4.21. The Bertz CT molecular complexity index is 659. The van der Waals surface area contributed by atoms with Crippen LogP contribution in [0.2, 0.25) is 0 Å². The van der Waals surface area contributed by atoms with E-state index in [1.54, 1.807) is 6.20 Å². The number of pyridine rings is 1. The molecule has 0 amide bonds. The Morgan fingerprint density at radius 1 is 1.06 bits per heavy atom. The molecular formula is C15H14N2O. The normalized spacial score (nSPS) is 10.9. The Hall–Kier alpha value is -2.13. The first-order valence-electron chi connectivity index (χ1n) is 6.02. The number of nitrogens with zero attached hydrogens (tertiary/aromatic N) is 1. The molecule has 0 bridgehead atoms. The Balaban J connectivity index is 2.25. The van der Waals surface area contributed by atoms with E-state index in [1.165, 1.54) is 0 Å². The molecule has 0 fully saturated rings. The molecule has 3 aromatic rings. The Morgan fingerprint density at radius 2 is 1.89 bits per heavy atom. The molecule has 0 spiro atoms. The van der Waals surface area contributed by atoms with Gasteiger partial charge in [-0.15, -0.1) is 0 Å². The highest BCUT2D eigenvalue weighted by Crippen LogP contribution is 2.29. The van der Waals surface area contributed by atoms with Gasteiger partial charge in [0.15, 0.2) is 0 Å². The average Bonchev–Trinajstić information content (AvgIpc) is 2.80. The summed E-state index contributed by atoms with van der Waals surface area (Å²) in [7, 11) is 0. The van der Waals surface area contributed by atoms with Crippen molar-refractivity contribution in [2.45, 2.75) is 6.42 Å². The third-order valence-electron chi connectivity index (χ3n) is 3.10. The van der Waals surface area contributed by atoms with Crippen LogP contribution < -0.4 is 0 Å². The number of aromatic amines is 1. The van der Waals surface area contributed by atoms with Crippen LogP contribution in [0.25, 0.3) is 22.3 Å². The van der Waals surface area contributed by atoms with Crippen LogP contribution in [0.3, 0.4) is 0 Å². The smallest absolute Gasteiger partial charge is 0.0867 e. The van der Waals surface area contributed by atoms with Crippen molar-refractivity contribution in [3.05, 3.63) is 54.2 Å². The summed E-state index contributed by atoms with van der Waals surface area (Å²) in [5, 5.41) is 10.4. The second kappa shape index (κ2) is 4.63. The molecule has 3 nitrogen and oxygen atoms in total. The highest BCUT2D eigenvalue weighted by Gasteiger charge is 2.12. The molecule has 90 valence electrons. The molecule has 18 heavy (non-hydrogen) atoms. The number of benzene rings is 1. The molecule has 0 aliphatic heterocycles. The van der Waals surface area contributed by atoms with Crippen molar-refractivity contribution in [3.8, 4) is 11.4 Å². The van der Waals surface area contributed by atoms with Crippen molar-refractivity contribution >= 4 is 10.9 Å². The van der Waals surface area contributed by atoms with Gasteiger partial charge in [0.2, 0.25) is 0 Å². The molecule has 2 heterocycles. The van der Waals surface area contributed by atoms with Gasteiger partial charge in [0, 0.05) is 23.7 Å². The summed E-state index contributed by atoms with van der Waals surface area (Å²) < 4.78 is 0. The van der Waals surface area contributed by atoms with E-state index in [4.69, 9.17) is 0 Å². The van der Waals surface area contributed by atoms with E-state index < -0.39 is 0 Å². The molecule has 0 saturated carbocycles. The lowest BCUT2D eigenvalue weighted by Crippen LogP contribution is -1.93. The summed E-state index contributed by atoms with van der Waals surface area (Å²) in [4.78, 5) is 7.77. The number of nitrogens with one attached hydrogen (secondary N) is 1. The van der Waals surface area contributed by atoms with Crippen molar-refractivity contribution in [3.63, 3.8) is 0 Å². The number of H-pyrrole nitrogens is 1. The summed E-state index contributed by atoms with van der Waals surface area (Å²) in [6.07, 6.45) is 2.42. The maximum Gasteiger partial charge on any atom is 0.0867 e. The highest BCUT2D eigenvalue weighted by molar-refractivity contribution is 5.90. The fraction of sp³-hybridized carbons (Fsp3) is 0.133. The van der Waals surface area contributed by atoms with E-state index in [0.717, 1.165) is 27.9 Å². The van der Waals surface area contributed by atoms with Gasteiger partial charge in [-0.1, -0.05) is 24.3 Å². The van der Waals surface area contributed by atoms with Crippen LogP contribution in [0, 0.1) is 0 Å². The number of para-hydroxylation sites is 1. The minimum Gasteiger partial charge on any atom is -0.396 e. The van der Waals surface area contributed by atoms with Gasteiger partial charge in [-0.2, -0.15) is 0 Å². The number of aliphatic hydroxyl groups is 1. The fourth-order valence-corrected chi connectivity index (χ4v) is 2.30. The van der Waals surface area contributed by atoms with Crippen molar-refractivity contribution < 1.29 is 5.11 Å². The van der Waals surface area contributed by atoms with Gasteiger partial charge in [0.25, 0.3) is 0 Å². The van der Waals surface area contributed by atoms with Gasteiger partial charge in [-0.25, -0.2) is 0 Å². The zero-order valence-electron chi connectivity index (χ0n) is 9.93. The molecule has 2 N–H and O–H groups in total. The average molecular weight is 238 g/mol. The molecule has 2 aromatic heterocycles. The zero-order chi connectivity index (χ0) is 12.4. The number of hydrogen-bond donors (Lipinski definition) is 2. The van der Waals surface area contributed by atoms with E-state index >= 15 is 0 Å². The Labute approximate surface area is 105 Å². The van der Waals surface area contributed by atoms with Crippen LogP contribution in [0.4, 0.5) is 0 Å². The molecule has 0 unspecified atom stereocenters. The van der Waals surface area contributed by atoms with Crippen molar-refractivity contribution in [1.82, 2.24) is 9.97 Å². The van der Waals surface area contributed by atoms with Gasteiger partial charge >= 0.3 is 0 Å². The molecule has 0 aliphatic rings. The predicted molar refractivity (Wildman–Crippen MR) is 72.3 cm³/mol. The minimum atomic E-state index is 0.141. The lowest BCUT2D eigenvalue weighted by Gasteiger charge is -2.02. The van der Waals surface area contributed by atoms with Gasteiger partial charge < -0.3 is 10.1 Å². The van der Waals surface area contributed by atoms with Crippen LogP contribution in [0.15, 0.2) is 48.7 Å². The van der Waals surface area contributed by atoms with Gasteiger partial charge in [-0.3, -0.25) is 4.98 Å². The van der Waals surface area contributed by atoms with E-state index in [1.807, 2.05) is 36.4 Å². The summed E-state index contributed by atoms with van der Waals surface area (Å²) in [6, 6.07) is 14.0. The van der Waals surface area contributed by atoms with Crippen LogP contribution in [0.5, 0.6) is 0 Å². The first kappa shape index (κ1) is 11.0. The number of rotatable bonds is 3. The number of aliphatic hydroxyl groups excluding tert-OH is 1. The lowest BCUT2D eigenvalue weighted by molar-refractivity contribution is 0.300. The van der Waals surface area contributed by atoms with E-state index in [2.05, 4.69) is 16.0 Å².